The van der Waals surface area contributed by atoms with Gasteiger partial charge in [0, 0.05) is 18.1 Å². The maximum Gasteiger partial charge on any atom is 0.333 e. The van der Waals surface area contributed by atoms with Crippen LogP contribution >= 0.6 is 24.0 Å². The highest BCUT2D eigenvalue weighted by Crippen LogP contribution is 2.21. The van der Waals surface area contributed by atoms with Crippen molar-refractivity contribution in [2.24, 2.45) is 5.73 Å². The Morgan fingerprint density at radius 2 is 1.76 bits per heavy atom. The van der Waals surface area contributed by atoms with Crippen molar-refractivity contribution in [3.8, 4) is 5.69 Å². The van der Waals surface area contributed by atoms with Gasteiger partial charge in [-0.15, -0.1) is 12.4 Å². The van der Waals surface area contributed by atoms with Crippen molar-refractivity contribution in [1.82, 2.24) is 9.13 Å². The number of hydrogen-bond donors (Lipinski definition) is 1. The Labute approximate surface area is 133 Å². The van der Waals surface area contributed by atoms with E-state index in [2.05, 4.69) is 0 Å². The summed E-state index contributed by atoms with van der Waals surface area (Å²) in [5.41, 5.74) is 7.96. The summed E-state index contributed by atoms with van der Waals surface area (Å²) in [5.74, 6) is 0. The summed E-state index contributed by atoms with van der Waals surface area (Å²) in [7, 11) is 0. The number of nitrogens with two attached hydrogens (primary N) is 1. The van der Waals surface area contributed by atoms with Crippen LogP contribution in [0.15, 0.2) is 53.3 Å². The van der Waals surface area contributed by atoms with Crippen LogP contribution in [-0.2, 0) is 6.54 Å². The Bertz CT molecular complexity index is 809. The van der Waals surface area contributed by atoms with E-state index >= 15 is 0 Å². The minimum Gasteiger partial charge on any atom is -0.329 e. The molecule has 0 atom stereocenters. The first-order valence-electron chi connectivity index (χ1n) is 6.38. The molecule has 6 heteroatoms. The molecule has 0 aliphatic rings. The molecule has 21 heavy (non-hydrogen) atoms. The largest absolute Gasteiger partial charge is 0.333 e. The van der Waals surface area contributed by atoms with Crippen LogP contribution in [0.4, 0.5) is 0 Å². The molecule has 0 saturated carbocycles. The van der Waals surface area contributed by atoms with Crippen LogP contribution < -0.4 is 11.4 Å². The topological polar surface area (TPSA) is 52.9 Å². The van der Waals surface area contributed by atoms with Gasteiger partial charge in [-0.3, -0.25) is 9.13 Å². The Morgan fingerprint density at radius 3 is 2.43 bits per heavy atom. The average molecular weight is 324 g/mol. The molecule has 0 amide bonds. The molecular formula is C15H15Cl2N3O. The van der Waals surface area contributed by atoms with E-state index in [1.165, 1.54) is 0 Å². The molecule has 1 heterocycles. The highest BCUT2D eigenvalue weighted by atomic mass is 35.5. The predicted molar refractivity (Wildman–Crippen MR) is 88.8 cm³/mol. The van der Waals surface area contributed by atoms with Gasteiger partial charge in [-0.05, 0) is 30.3 Å². The van der Waals surface area contributed by atoms with E-state index in [1.54, 1.807) is 21.3 Å². The van der Waals surface area contributed by atoms with Gasteiger partial charge in [0.25, 0.3) is 0 Å². The Kier molecular flexibility index (Phi) is 4.73. The summed E-state index contributed by atoms with van der Waals surface area (Å²) < 4.78 is 3.34. The highest BCUT2D eigenvalue weighted by Gasteiger charge is 2.14. The number of rotatable bonds is 3. The van der Waals surface area contributed by atoms with E-state index in [0.717, 1.165) is 16.7 Å². The maximum absolute atomic E-state index is 12.6. The van der Waals surface area contributed by atoms with Gasteiger partial charge in [-0.2, -0.15) is 0 Å². The Morgan fingerprint density at radius 1 is 1.05 bits per heavy atom. The predicted octanol–water partition coefficient (Wildman–Crippen LogP) is 2.83. The quantitative estimate of drug-likeness (QED) is 0.805. The van der Waals surface area contributed by atoms with Gasteiger partial charge in [0.15, 0.2) is 0 Å². The van der Waals surface area contributed by atoms with Crippen LogP contribution in [0.25, 0.3) is 16.7 Å². The second kappa shape index (κ2) is 6.35. The summed E-state index contributed by atoms with van der Waals surface area (Å²) in [5, 5.41) is 0.604. The molecule has 0 aliphatic carbocycles. The Hall–Kier alpha value is -1.75. The first kappa shape index (κ1) is 15.6. The molecule has 0 saturated heterocycles. The van der Waals surface area contributed by atoms with Crippen molar-refractivity contribution in [1.29, 1.82) is 0 Å². The first-order chi connectivity index (χ1) is 9.72. The van der Waals surface area contributed by atoms with Crippen molar-refractivity contribution < 1.29 is 0 Å². The van der Waals surface area contributed by atoms with Crippen molar-refractivity contribution >= 4 is 35.0 Å². The van der Waals surface area contributed by atoms with Gasteiger partial charge in [0.2, 0.25) is 0 Å². The number of benzene rings is 2. The Balaban J connectivity index is 0.00000161. The van der Waals surface area contributed by atoms with E-state index in [0.29, 0.717) is 18.1 Å². The molecule has 0 aliphatic heterocycles. The zero-order chi connectivity index (χ0) is 14.1. The molecule has 0 unspecified atom stereocenters. The monoisotopic (exact) mass is 323 g/mol. The third-order valence-electron chi connectivity index (χ3n) is 3.26. The molecule has 4 nitrogen and oxygen atoms in total. The van der Waals surface area contributed by atoms with Gasteiger partial charge in [-0.1, -0.05) is 29.8 Å². The van der Waals surface area contributed by atoms with E-state index in [-0.39, 0.29) is 18.1 Å². The third-order valence-corrected chi connectivity index (χ3v) is 3.49. The molecular weight excluding hydrogens is 309 g/mol. The summed E-state index contributed by atoms with van der Waals surface area (Å²) in [6, 6.07) is 15.0. The third kappa shape index (κ3) is 2.70. The number of hydrogen-bond acceptors (Lipinski definition) is 2. The lowest BCUT2D eigenvalue weighted by atomic mass is 10.3. The van der Waals surface area contributed by atoms with Gasteiger partial charge < -0.3 is 5.73 Å². The summed E-state index contributed by atoms with van der Waals surface area (Å²) in [6.07, 6.45) is 0. The van der Waals surface area contributed by atoms with Gasteiger partial charge in [0.05, 0.1) is 16.7 Å². The molecule has 3 rings (SSSR count). The van der Waals surface area contributed by atoms with Crippen LogP contribution in [0.3, 0.4) is 0 Å². The SMILES string of the molecule is Cl.NCCn1c(=O)n(-c2ccccc2)c2cc(Cl)ccc21. The van der Waals surface area contributed by atoms with Gasteiger partial charge in [-0.25, -0.2) is 4.79 Å². The van der Waals surface area contributed by atoms with Crippen molar-refractivity contribution in [3.63, 3.8) is 0 Å². The molecule has 1 aromatic heterocycles. The number of imidazole rings is 1. The fourth-order valence-electron chi connectivity index (χ4n) is 2.40. The maximum atomic E-state index is 12.6. The number of aromatic nitrogens is 2. The number of halogens is 2. The highest BCUT2D eigenvalue weighted by molar-refractivity contribution is 6.31. The second-order valence-corrected chi connectivity index (χ2v) is 4.96. The molecule has 3 aromatic rings. The van der Waals surface area contributed by atoms with Crippen molar-refractivity contribution in [2.45, 2.75) is 6.54 Å². The standard InChI is InChI=1S/C15H14ClN3O.ClH/c16-11-6-7-13-14(10-11)19(12-4-2-1-3-5-12)15(20)18(13)9-8-17;/h1-7,10H,8-9,17H2;1H. The molecule has 2 N–H and O–H groups in total. The number of para-hydroxylation sites is 1. The van der Waals surface area contributed by atoms with Gasteiger partial charge in [0.1, 0.15) is 0 Å². The number of nitrogens with zero attached hydrogens (tertiary/aromatic N) is 2. The minimum absolute atomic E-state index is 0. The van der Waals surface area contributed by atoms with Crippen LogP contribution in [0, 0.1) is 0 Å². The normalized spacial score (nSPS) is 10.6. The second-order valence-electron chi connectivity index (χ2n) is 4.53. The van der Waals surface area contributed by atoms with Crippen LogP contribution in [0.2, 0.25) is 5.02 Å². The molecule has 0 bridgehead atoms. The zero-order valence-corrected chi connectivity index (χ0v) is 12.8. The van der Waals surface area contributed by atoms with Crippen LogP contribution in [-0.4, -0.2) is 15.7 Å². The lowest BCUT2D eigenvalue weighted by Gasteiger charge is -2.02. The minimum atomic E-state index is -0.0982. The van der Waals surface area contributed by atoms with Crippen molar-refractivity contribution in [2.75, 3.05) is 6.54 Å². The fraction of sp³-hybridized carbons (Fsp3) is 0.133. The molecule has 110 valence electrons. The zero-order valence-electron chi connectivity index (χ0n) is 11.2. The average Bonchev–Trinajstić information content (AvgIpc) is 2.72. The van der Waals surface area contributed by atoms with Crippen LogP contribution in [0.5, 0.6) is 0 Å². The summed E-state index contributed by atoms with van der Waals surface area (Å²) in [4.78, 5) is 12.6. The van der Waals surface area contributed by atoms with E-state index in [4.69, 9.17) is 17.3 Å². The van der Waals surface area contributed by atoms with E-state index in [9.17, 15) is 4.79 Å². The lowest BCUT2D eigenvalue weighted by molar-refractivity contribution is 0.690. The summed E-state index contributed by atoms with van der Waals surface area (Å²) >= 11 is 6.07. The first-order valence-corrected chi connectivity index (χ1v) is 6.76. The smallest absolute Gasteiger partial charge is 0.329 e. The van der Waals surface area contributed by atoms with E-state index < -0.39 is 0 Å². The molecule has 2 aromatic carbocycles. The fourth-order valence-corrected chi connectivity index (χ4v) is 2.57. The molecule has 0 radical (unpaired) electrons. The molecule has 0 spiro atoms. The summed E-state index contributed by atoms with van der Waals surface area (Å²) in [6.45, 7) is 0.896. The molecule has 0 fully saturated rings. The van der Waals surface area contributed by atoms with E-state index in [1.807, 2.05) is 36.4 Å². The lowest BCUT2D eigenvalue weighted by Crippen LogP contribution is -2.26. The van der Waals surface area contributed by atoms with Crippen molar-refractivity contribution in [3.05, 3.63) is 64.0 Å². The number of fused-ring (bicyclic) bond motifs is 1. The van der Waals surface area contributed by atoms with Gasteiger partial charge >= 0.3 is 5.69 Å². The van der Waals surface area contributed by atoms with Crippen LogP contribution in [0.1, 0.15) is 0 Å².